The van der Waals surface area contributed by atoms with Crippen LogP contribution < -0.4 is 44.8 Å². The number of rotatable bonds is 10. The summed E-state index contributed by atoms with van der Waals surface area (Å²) >= 11 is 12.5. The third kappa shape index (κ3) is 9.54. The Bertz CT molecular complexity index is 2620. The maximum atomic E-state index is 12.6. The van der Waals surface area contributed by atoms with E-state index >= 15 is 0 Å². The number of anilines is 3. The quantitative estimate of drug-likeness (QED) is 0.111. The number of benzene rings is 4. The Kier molecular flexibility index (Phi) is 12.6. The predicted molar refractivity (Wildman–Crippen MR) is 215 cm³/mol. The van der Waals surface area contributed by atoms with E-state index in [0.29, 0.717) is 67.6 Å². The average molecular weight is 857 g/mol. The van der Waals surface area contributed by atoms with Crippen molar-refractivity contribution >= 4 is 78.9 Å². The molecule has 2 amide bonds. The van der Waals surface area contributed by atoms with E-state index in [1.54, 1.807) is 81.2 Å². The lowest BCUT2D eigenvalue weighted by molar-refractivity contribution is -0.138. The fourth-order valence-electron chi connectivity index (χ4n) is 5.20. The Hall–Kier alpha value is -6.50. The largest absolute Gasteiger partial charge is 0.493 e. The molecular weight excluding hydrogens is 826 g/mol. The Morgan fingerprint density at radius 1 is 0.655 bits per heavy atom. The van der Waals surface area contributed by atoms with Crippen LogP contribution in [0.15, 0.2) is 85.2 Å². The molecule has 58 heavy (non-hydrogen) atoms. The molecule has 3 aromatic heterocycles. The van der Waals surface area contributed by atoms with Crippen molar-refractivity contribution in [2.24, 2.45) is 0 Å². The minimum Gasteiger partial charge on any atom is -0.493 e. The lowest BCUT2D eigenvalue weighted by Gasteiger charge is -2.13. The zero-order chi connectivity index (χ0) is 41.6. The lowest BCUT2D eigenvalue weighted by Crippen LogP contribution is -2.19. The van der Waals surface area contributed by atoms with Crippen LogP contribution in [0.4, 0.5) is 34.5 Å². The zero-order valence-electron chi connectivity index (χ0n) is 30.6. The number of nitrogen functional groups attached to an aromatic ring is 1. The summed E-state index contributed by atoms with van der Waals surface area (Å²) in [6.45, 7) is 0. The van der Waals surface area contributed by atoms with Crippen molar-refractivity contribution in [1.82, 2.24) is 20.2 Å². The van der Waals surface area contributed by atoms with Gasteiger partial charge >= 0.3 is 12.2 Å². The molecule has 4 N–H and O–H groups in total. The number of carbonyl (C=O) groups is 1. The number of nitrogens with one attached hydrogen (secondary N) is 2. The molecule has 4 aromatic carbocycles. The summed E-state index contributed by atoms with van der Waals surface area (Å²) in [6.07, 6.45) is -1.41. The number of alkyl halides is 3. The molecule has 0 fully saturated rings. The van der Waals surface area contributed by atoms with Crippen LogP contribution in [0.1, 0.15) is 5.01 Å². The molecule has 0 spiro atoms. The first-order chi connectivity index (χ1) is 27.8. The van der Waals surface area contributed by atoms with E-state index < -0.39 is 17.2 Å². The van der Waals surface area contributed by atoms with Gasteiger partial charge in [-0.1, -0.05) is 34.5 Å². The molecule has 3 heterocycles. The van der Waals surface area contributed by atoms with E-state index in [9.17, 15) is 18.0 Å². The Labute approximate surface area is 341 Å². The minimum absolute atomic E-state index is 0.128. The van der Waals surface area contributed by atoms with Gasteiger partial charge in [-0.25, -0.2) is 4.79 Å². The molecule has 14 nitrogen and oxygen atoms in total. The van der Waals surface area contributed by atoms with E-state index in [-0.39, 0.29) is 27.2 Å². The number of methoxy groups -OCH3 is 4. The minimum atomic E-state index is -4.65. The number of hydrogen-bond donors (Lipinski definition) is 3. The van der Waals surface area contributed by atoms with Crippen LogP contribution >= 0.6 is 34.5 Å². The van der Waals surface area contributed by atoms with E-state index in [0.717, 1.165) is 10.9 Å². The van der Waals surface area contributed by atoms with Gasteiger partial charge < -0.3 is 39.5 Å². The molecule has 0 bridgehead atoms. The van der Waals surface area contributed by atoms with Gasteiger partial charge in [-0.15, -0.1) is 10.2 Å². The van der Waals surface area contributed by atoms with Crippen LogP contribution in [-0.2, 0) is 6.18 Å². The van der Waals surface area contributed by atoms with Crippen molar-refractivity contribution < 1.29 is 46.4 Å². The second-order valence-electron chi connectivity index (χ2n) is 11.6. The van der Waals surface area contributed by atoms with Crippen LogP contribution in [0, 0.1) is 0 Å². The molecule has 300 valence electrons. The number of fused-ring (bicyclic) bond motifs is 2. The Morgan fingerprint density at radius 3 is 1.62 bits per heavy atom. The van der Waals surface area contributed by atoms with Crippen LogP contribution in [0.2, 0.25) is 10.0 Å². The number of halogens is 5. The summed E-state index contributed by atoms with van der Waals surface area (Å²) in [5.74, 6) is 4.30. The Balaban J connectivity index is 0.000000213. The molecule has 0 atom stereocenters. The fourth-order valence-corrected chi connectivity index (χ4v) is 6.19. The van der Waals surface area contributed by atoms with Crippen molar-refractivity contribution in [1.29, 1.82) is 0 Å². The maximum Gasteiger partial charge on any atom is 0.445 e. The second-order valence-corrected chi connectivity index (χ2v) is 13.4. The van der Waals surface area contributed by atoms with Gasteiger partial charge in [0.25, 0.3) is 0 Å². The first-order valence-electron chi connectivity index (χ1n) is 16.5. The highest BCUT2D eigenvalue weighted by Gasteiger charge is 2.35. The van der Waals surface area contributed by atoms with Crippen LogP contribution in [0.3, 0.4) is 0 Å². The molecule has 0 aliphatic heterocycles. The molecule has 20 heteroatoms. The molecule has 0 radical (unpaired) electrons. The zero-order valence-corrected chi connectivity index (χ0v) is 32.9. The molecule has 0 aliphatic carbocycles. The van der Waals surface area contributed by atoms with E-state index in [1.807, 2.05) is 6.07 Å². The molecule has 7 rings (SSSR count). The van der Waals surface area contributed by atoms with Crippen molar-refractivity contribution in [3.8, 4) is 46.0 Å². The summed E-state index contributed by atoms with van der Waals surface area (Å²) in [7, 11) is 6.21. The van der Waals surface area contributed by atoms with Crippen LogP contribution in [0.5, 0.6) is 46.0 Å². The number of amides is 2. The van der Waals surface area contributed by atoms with Gasteiger partial charge in [0, 0.05) is 47.4 Å². The highest BCUT2D eigenvalue weighted by molar-refractivity contribution is 7.15. The van der Waals surface area contributed by atoms with E-state index in [1.165, 1.54) is 26.4 Å². The molecule has 0 unspecified atom stereocenters. The van der Waals surface area contributed by atoms with Gasteiger partial charge in [0.1, 0.15) is 23.0 Å². The van der Waals surface area contributed by atoms with E-state index in [2.05, 4.69) is 30.8 Å². The van der Waals surface area contributed by atoms with Crippen molar-refractivity contribution in [3.63, 3.8) is 0 Å². The highest BCUT2D eigenvalue weighted by atomic mass is 35.5. The summed E-state index contributed by atoms with van der Waals surface area (Å²) in [4.78, 5) is 20.8. The SMILES string of the molecule is COc1cc2nccc(Oc3ccc(N)c(Cl)c3)c2cc1OC.COc1cc2nccc(Oc3ccc(NC(=O)Nc4nnc(C(F)(F)F)s4)c(Cl)c3)c2cc1OC. The van der Waals surface area contributed by atoms with Gasteiger partial charge in [-0.2, -0.15) is 13.2 Å². The summed E-state index contributed by atoms with van der Waals surface area (Å²) in [5, 5.41) is 11.5. The monoisotopic (exact) mass is 855 g/mol. The predicted octanol–water partition coefficient (Wildman–Crippen LogP) is 10.5. The number of urea groups is 1. The molecular formula is C38H30Cl2F3N7O7S. The highest BCUT2D eigenvalue weighted by Crippen LogP contribution is 2.40. The number of nitrogens with two attached hydrogens (primary N) is 1. The van der Waals surface area contributed by atoms with Crippen LogP contribution in [0.25, 0.3) is 21.8 Å². The van der Waals surface area contributed by atoms with E-state index in [4.69, 9.17) is 57.4 Å². The van der Waals surface area contributed by atoms with Crippen molar-refractivity contribution in [3.05, 3.63) is 100 Å². The maximum absolute atomic E-state index is 12.6. The fraction of sp³-hybridized carbons (Fsp3) is 0.132. The smallest absolute Gasteiger partial charge is 0.445 e. The lowest BCUT2D eigenvalue weighted by atomic mass is 10.2. The molecule has 0 saturated heterocycles. The number of nitrogens with zero attached hydrogens (tertiary/aromatic N) is 4. The molecule has 0 aliphatic rings. The topological polar surface area (TPSA) is 174 Å². The number of ether oxygens (including phenoxy) is 6. The first kappa shape index (κ1) is 41.1. The van der Waals surface area contributed by atoms with Crippen molar-refractivity contribution in [2.45, 2.75) is 6.18 Å². The molecule has 7 aromatic rings. The van der Waals surface area contributed by atoms with Gasteiger partial charge in [0.2, 0.25) is 10.1 Å². The second kappa shape index (κ2) is 17.7. The summed E-state index contributed by atoms with van der Waals surface area (Å²) in [5.41, 5.74) is 7.77. The number of hydrogen-bond acceptors (Lipinski definition) is 13. The van der Waals surface area contributed by atoms with Gasteiger partial charge in [-0.3, -0.25) is 15.3 Å². The Morgan fingerprint density at radius 2 is 1.16 bits per heavy atom. The third-order valence-corrected chi connectivity index (χ3v) is 9.44. The average Bonchev–Trinajstić information content (AvgIpc) is 3.69. The summed E-state index contributed by atoms with van der Waals surface area (Å²) < 4.78 is 71.0. The molecule has 0 saturated carbocycles. The van der Waals surface area contributed by atoms with Gasteiger partial charge in [0.05, 0.1) is 60.9 Å². The van der Waals surface area contributed by atoms with Crippen molar-refractivity contribution in [2.75, 3.05) is 44.8 Å². The normalized spacial score (nSPS) is 11.0. The number of pyridine rings is 2. The number of aromatic nitrogens is 4. The van der Waals surface area contributed by atoms with Crippen LogP contribution in [-0.4, -0.2) is 54.6 Å². The summed E-state index contributed by atoms with van der Waals surface area (Å²) in [6, 6.07) is 19.3. The van der Waals surface area contributed by atoms with Gasteiger partial charge in [0.15, 0.2) is 23.0 Å². The standard InChI is InChI=1S/C21H15ClF3N5O4S.C17H15ClN2O3/c1-32-16-8-11-14(9-17(16)33-2)26-6-5-15(11)34-10-3-4-13(12(22)7-10)27-19(31)28-20-30-29-18(35-20)21(23,24)25;1-21-16-8-11-14(9-17(16)22-2)20-6-5-15(11)23-10-3-4-13(19)12(18)7-10/h3-9H,1-2H3,(H2,27,28,30,31);3-9H,19H2,1-2H3. The first-order valence-corrected chi connectivity index (χ1v) is 18.1. The van der Waals surface area contributed by atoms with Gasteiger partial charge in [-0.05, 0) is 48.5 Å². The number of carbonyl (C=O) groups excluding carboxylic acids is 1. The third-order valence-electron chi connectivity index (χ3n) is 7.92.